The molecule has 0 heterocycles. The highest BCUT2D eigenvalue weighted by molar-refractivity contribution is 7.92. The first-order valence-electron chi connectivity index (χ1n) is 9.73. The Hall–Kier alpha value is -3.91. The summed E-state index contributed by atoms with van der Waals surface area (Å²) in [7, 11) is -2.22. The Balaban J connectivity index is 1.61. The van der Waals surface area contributed by atoms with Crippen LogP contribution in [0, 0.1) is 0 Å². The molecule has 32 heavy (non-hydrogen) atoms. The standard InChI is InChI=1S/C24H23N3O4S/c1-3-17-31-22-15-9-19(10-16-22)18-25-26-24(28)20-11-13-21(14-12-20)27(2)32(29,30)23-7-5-4-6-8-23/h3-16,18H,1,17H2,2H3,(H,26,28)/b25-18-. The van der Waals surface area contributed by atoms with Gasteiger partial charge in [-0.05, 0) is 66.2 Å². The third-order valence-electron chi connectivity index (χ3n) is 4.52. The zero-order chi connectivity index (χ0) is 23.0. The van der Waals surface area contributed by atoms with Gasteiger partial charge in [0.15, 0.2) is 0 Å². The number of benzene rings is 3. The van der Waals surface area contributed by atoms with Crippen molar-refractivity contribution in [1.29, 1.82) is 0 Å². The van der Waals surface area contributed by atoms with E-state index in [1.165, 1.54) is 29.7 Å². The number of carbonyl (C=O) groups excluding carboxylic acids is 1. The van der Waals surface area contributed by atoms with Gasteiger partial charge in [0.1, 0.15) is 12.4 Å². The van der Waals surface area contributed by atoms with Crippen molar-refractivity contribution in [2.75, 3.05) is 18.0 Å². The normalized spacial score (nSPS) is 11.2. The number of hydrogen-bond donors (Lipinski definition) is 1. The van der Waals surface area contributed by atoms with Crippen LogP contribution in [-0.2, 0) is 10.0 Å². The van der Waals surface area contributed by atoms with Gasteiger partial charge in [0, 0.05) is 12.6 Å². The third kappa shape index (κ3) is 5.61. The molecule has 0 bridgehead atoms. The lowest BCUT2D eigenvalue weighted by Gasteiger charge is -2.19. The van der Waals surface area contributed by atoms with Crippen molar-refractivity contribution in [1.82, 2.24) is 5.43 Å². The Bertz CT molecular complexity index is 1190. The molecule has 0 aromatic heterocycles. The summed E-state index contributed by atoms with van der Waals surface area (Å²) in [5, 5.41) is 3.96. The smallest absolute Gasteiger partial charge is 0.271 e. The minimum Gasteiger partial charge on any atom is -0.490 e. The molecule has 1 N–H and O–H groups in total. The van der Waals surface area contributed by atoms with Gasteiger partial charge in [-0.25, -0.2) is 13.8 Å². The maximum Gasteiger partial charge on any atom is 0.271 e. The first kappa shape index (κ1) is 22.8. The molecule has 0 spiro atoms. The molecule has 0 atom stereocenters. The zero-order valence-corrected chi connectivity index (χ0v) is 18.3. The van der Waals surface area contributed by atoms with E-state index in [0.29, 0.717) is 23.6 Å². The molecule has 0 aliphatic heterocycles. The molecule has 0 aliphatic carbocycles. The molecular weight excluding hydrogens is 426 g/mol. The number of ether oxygens (including phenoxy) is 1. The Morgan fingerprint density at radius 3 is 2.31 bits per heavy atom. The molecule has 0 fully saturated rings. The Labute approximate surface area is 187 Å². The molecule has 0 saturated heterocycles. The first-order valence-corrected chi connectivity index (χ1v) is 11.2. The SMILES string of the molecule is C=CCOc1ccc(/C=N\NC(=O)c2ccc(N(C)S(=O)(=O)c3ccccc3)cc2)cc1. The van der Waals surface area contributed by atoms with E-state index in [0.717, 1.165) is 5.56 Å². The molecule has 0 radical (unpaired) electrons. The highest BCUT2D eigenvalue weighted by Crippen LogP contribution is 2.22. The van der Waals surface area contributed by atoms with Gasteiger partial charge in [-0.3, -0.25) is 9.10 Å². The van der Waals surface area contributed by atoms with Crippen LogP contribution in [0.4, 0.5) is 5.69 Å². The summed E-state index contributed by atoms with van der Waals surface area (Å²) in [6, 6.07) is 21.6. The van der Waals surface area contributed by atoms with Gasteiger partial charge < -0.3 is 4.74 Å². The van der Waals surface area contributed by atoms with Crippen molar-refractivity contribution < 1.29 is 17.9 Å². The number of hydrazone groups is 1. The van der Waals surface area contributed by atoms with Gasteiger partial charge in [0.25, 0.3) is 15.9 Å². The van der Waals surface area contributed by atoms with Crippen LogP contribution in [0.15, 0.2) is 102 Å². The number of anilines is 1. The molecule has 3 rings (SSSR count). The number of hydrogen-bond acceptors (Lipinski definition) is 5. The lowest BCUT2D eigenvalue weighted by atomic mass is 10.2. The minimum absolute atomic E-state index is 0.193. The summed E-state index contributed by atoms with van der Waals surface area (Å²) in [5.74, 6) is 0.303. The third-order valence-corrected chi connectivity index (χ3v) is 6.32. The van der Waals surface area contributed by atoms with Crippen molar-refractivity contribution in [3.63, 3.8) is 0 Å². The zero-order valence-electron chi connectivity index (χ0n) is 17.5. The Kier molecular flexibility index (Phi) is 7.41. The van der Waals surface area contributed by atoms with E-state index >= 15 is 0 Å². The number of nitrogens with zero attached hydrogens (tertiary/aromatic N) is 2. The Morgan fingerprint density at radius 1 is 1.03 bits per heavy atom. The number of carbonyl (C=O) groups is 1. The van der Waals surface area contributed by atoms with E-state index < -0.39 is 15.9 Å². The second-order valence-corrected chi connectivity index (χ2v) is 8.67. The molecule has 0 saturated carbocycles. The first-order chi connectivity index (χ1) is 15.4. The van der Waals surface area contributed by atoms with Crippen molar-refractivity contribution in [2.45, 2.75) is 4.90 Å². The molecule has 164 valence electrons. The monoisotopic (exact) mass is 449 g/mol. The van der Waals surface area contributed by atoms with Gasteiger partial charge in [-0.1, -0.05) is 30.9 Å². The summed E-state index contributed by atoms with van der Waals surface area (Å²) in [5.41, 5.74) is 4.04. The molecule has 3 aromatic rings. The largest absolute Gasteiger partial charge is 0.490 e. The fourth-order valence-electron chi connectivity index (χ4n) is 2.75. The van der Waals surface area contributed by atoms with Crippen LogP contribution in [0.1, 0.15) is 15.9 Å². The summed E-state index contributed by atoms with van der Waals surface area (Å²) >= 11 is 0. The van der Waals surface area contributed by atoms with Gasteiger partial charge in [-0.15, -0.1) is 0 Å². The Morgan fingerprint density at radius 2 is 1.69 bits per heavy atom. The molecule has 7 nitrogen and oxygen atoms in total. The van der Waals surface area contributed by atoms with Crippen LogP contribution in [0.25, 0.3) is 0 Å². The second kappa shape index (κ2) is 10.4. The molecular formula is C24H23N3O4S. The molecule has 1 amide bonds. The average Bonchev–Trinajstić information content (AvgIpc) is 2.83. The molecule has 0 unspecified atom stereocenters. The summed E-state index contributed by atoms with van der Waals surface area (Å²) < 4.78 is 32.0. The number of sulfonamides is 1. The van der Waals surface area contributed by atoms with Crippen molar-refractivity contribution in [3.8, 4) is 5.75 Å². The van der Waals surface area contributed by atoms with Gasteiger partial charge >= 0.3 is 0 Å². The highest BCUT2D eigenvalue weighted by Gasteiger charge is 2.21. The number of rotatable bonds is 9. The number of nitrogens with one attached hydrogen (secondary N) is 1. The van der Waals surface area contributed by atoms with E-state index in [1.54, 1.807) is 60.7 Å². The lowest BCUT2D eigenvalue weighted by Crippen LogP contribution is -2.26. The predicted molar refractivity (Wildman–Crippen MR) is 126 cm³/mol. The molecule has 8 heteroatoms. The highest BCUT2D eigenvalue weighted by atomic mass is 32.2. The van der Waals surface area contributed by atoms with Crippen LogP contribution in [0.5, 0.6) is 5.75 Å². The summed E-state index contributed by atoms with van der Waals surface area (Å²) in [4.78, 5) is 12.5. The van der Waals surface area contributed by atoms with E-state index in [-0.39, 0.29) is 4.90 Å². The maximum atomic E-state index is 12.7. The topological polar surface area (TPSA) is 88.1 Å². The molecule has 0 aliphatic rings. The fourth-order valence-corrected chi connectivity index (χ4v) is 3.96. The lowest BCUT2D eigenvalue weighted by molar-refractivity contribution is 0.0955. The maximum absolute atomic E-state index is 12.7. The van der Waals surface area contributed by atoms with E-state index in [4.69, 9.17) is 4.74 Å². The summed E-state index contributed by atoms with van der Waals surface area (Å²) in [6.07, 6.45) is 3.18. The van der Waals surface area contributed by atoms with Crippen molar-refractivity contribution in [3.05, 3.63) is 103 Å². The average molecular weight is 450 g/mol. The summed E-state index contributed by atoms with van der Waals surface area (Å²) in [6.45, 7) is 4.02. The van der Waals surface area contributed by atoms with Gasteiger partial charge in [0.2, 0.25) is 0 Å². The van der Waals surface area contributed by atoms with Crippen LogP contribution >= 0.6 is 0 Å². The minimum atomic E-state index is -3.68. The van der Waals surface area contributed by atoms with Crippen molar-refractivity contribution >= 4 is 27.8 Å². The fraction of sp³-hybridized carbons (Fsp3) is 0.0833. The van der Waals surface area contributed by atoms with Crippen LogP contribution in [-0.4, -0.2) is 34.2 Å². The van der Waals surface area contributed by atoms with E-state index in [9.17, 15) is 13.2 Å². The quantitative estimate of drug-likeness (QED) is 0.305. The number of amides is 1. The van der Waals surface area contributed by atoms with E-state index in [2.05, 4.69) is 17.1 Å². The predicted octanol–water partition coefficient (Wildman–Crippen LogP) is 3.84. The van der Waals surface area contributed by atoms with E-state index in [1.807, 2.05) is 12.1 Å². The van der Waals surface area contributed by atoms with Gasteiger partial charge in [0.05, 0.1) is 16.8 Å². The second-order valence-electron chi connectivity index (χ2n) is 6.70. The van der Waals surface area contributed by atoms with Crippen LogP contribution in [0.2, 0.25) is 0 Å². The van der Waals surface area contributed by atoms with Crippen LogP contribution < -0.4 is 14.5 Å². The van der Waals surface area contributed by atoms with Gasteiger partial charge in [-0.2, -0.15) is 5.10 Å². The molecule has 3 aromatic carbocycles. The van der Waals surface area contributed by atoms with Crippen LogP contribution in [0.3, 0.4) is 0 Å². The van der Waals surface area contributed by atoms with Crippen molar-refractivity contribution in [2.24, 2.45) is 5.10 Å².